The number of benzene rings is 1. The van der Waals surface area contributed by atoms with Crippen LogP contribution in [-0.4, -0.2) is 54.3 Å². The van der Waals surface area contributed by atoms with Gasteiger partial charge in [-0.15, -0.1) is 0 Å². The fourth-order valence-electron chi connectivity index (χ4n) is 3.18. The second-order valence-corrected chi connectivity index (χ2v) is 7.05. The molecule has 1 aliphatic rings. The van der Waals surface area contributed by atoms with Gasteiger partial charge in [0.15, 0.2) is 0 Å². The minimum atomic E-state index is -0.304. The molecular weight excluding hydrogens is 354 g/mol. The van der Waals surface area contributed by atoms with Crippen molar-refractivity contribution in [3.8, 4) is 0 Å². The molecule has 28 heavy (non-hydrogen) atoms. The van der Waals surface area contributed by atoms with Crippen molar-refractivity contribution >= 4 is 17.9 Å². The zero-order chi connectivity index (χ0) is 20.1. The maximum Gasteiger partial charge on any atom is 0.270 e. The molecule has 1 aromatic heterocycles. The molecule has 3 rings (SSSR count). The average Bonchev–Trinajstić information content (AvgIpc) is 3.22. The van der Waals surface area contributed by atoms with Crippen LogP contribution in [0.5, 0.6) is 0 Å². The summed E-state index contributed by atoms with van der Waals surface area (Å²) in [4.78, 5) is 29.9. The Bertz CT molecular complexity index is 863. The van der Waals surface area contributed by atoms with E-state index in [1.807, 2.05) is 26.0 Å². The molecule has 1 N–H and O–H groups in total. The van der Waals surface area contributed by atoms with Gasteiger partial charge in [0.05, 0.1) is 6.26 Å². The van der Waals surface area contributed by atoms with E-state index in [-0.39, 0.29) is 17.5 Å². The molecule has 0 bridgehead atoms. The lowest BCUT2D eigenvalue weighted by atomic mass is 10.1. The maximum atomic E-state index is 13.1. The summed E-state index contributed by atoms with van der Waals surface area (Å²) in [5, 5.41) is 2.80. The summed E-state index contributed by atoms with van der Waals surface area (Å²) in [6, 6.07) is 9.02. The molecule has 148 valence electrons. The van der Waals surface area contributed by atoms with Crippen molar-refractivity contribution in [1.29, 1.82) is 0 Å². The standard InChI is InChI=1S/C22H27N3O3/c1-4-24-9-11-25(12-10-24)22(27)20(15-19-6-5-13-28-19)23-21(26)18-8-7-16(2)17(3)14-18/h5-8,13-15H,4,9-12H2,1-3H3,(H,23,26). The molecule has 2 aromatic rings. The highest BCUT2D eigenvalue weighted by Gasteiger charge is 2.24. The van der Waals surface area contributed by atoms with Crippen LogP contribution in [0, 0.1) is 13.8 Å². The van der Waals surface area contributed by atoms with E-state index in [1.54, 1.807) is 35.4 Å². The number of piperazine rings is 1. The Balaban J connectivity index is 1.80. The Hall–Kier alpha value is -2.86. The molecule has 0 aliphatic carbocycles. The second kappa shape index (κ2) is 8.89. The molecule has 2 heterocycles. The first-order chi connectivity index (χ1) is 13.5. The van der Waals surface area contributed by atoms with Gasteiger partial charge < -0.3 is 19.5 Å². The average molecular weight is 381 g/mol. The van der Waals surface area contributed by atoms with E-state index in [1.165, 1.54) is 0 Å². The van der Waals surface area contributed by atoms with Crippen molar-refractivity contribution in [2.75, 3.05) is 32.7 Å². The molecule has 0 atom stereocenters. The van der Waals surface area contributed by atoms with Crippen LogP contribution in [0.2, 0.25) is 0 Å². The summed E-state index contributed by atoms with van der Waals surface area (Å²) in [5.74, 6) is 0.0294. The SMILES string of the molecule is CCN1CCN(C(=O)C(=Cc2ccco2)NC(=O)c2ccc(C)c(C)c2)CC1. The lowest BCUT2D eigenvalue weighted by Gasteiger charge is -2.34. The number of carbonyl (C=O) groups is 2. The van der Waals surface area contributed by atoms with Gasteiger partial charge in [-0.25, -0.2) is 0 Å². The second-order valence-electron chi connectivity index (χ2n) is 7.05. The van der Waals surface area contributed by atoms with Gasteiger partial charge in [-0.3, -0.25) is 9.59 Å². The van der Waals surface area contributed by atoms with E-state index in [4.69, 9.17) is 4.42 Å². The van der Waals surface area contributed by atoms with Crippen LogP contribution < -0.4 is 5.32 Å². The maximum absolute atomic E-state index is 13.1. The van der Waals surface area contributed by atoms with Crippen molar-refractivity contribution in [2.24, 2.45) is 0 Å². The number of rotatable bonds is 5. The summed E-state index contributed by atoms with van der Waals surface area (Å²) in [5.41, 5.74) is 2.90. The van der Waals surface area contributed by atoms with Crippen LogP contribution in [0.25, 0.3) is 6.08 Å². The molecule has 1 fully saturated rings. The van der Waals surface area contributed by atoms with Crippen LogP contribution in [0.15, 0.2) is 46.7 Å². The van der Waals surface area contributed by atoms with Gasteiger partial charge in [0, 0.05) is 37.8 Å². The zero-order valence-electron chi connectivity index (χ0n) is 16.7. The molecule has 1 aliphatic heterocycles. The van der Waals surface area contributed by atoms with Gasteiger partial charge >= 0.3 is 0 Å². The quantitative estimate of drug-likeness (QED) is 0.809. The van der Waals surface area contributed by atoms with E-state index in [2.05, 4.69) is 17.1 Å². The van der Waals surface area contributed by atoms with Crippen LogP contribution in [-0.2, 0) is 4.79 Å². The lowest BCUT2D eigenvalue weighted by molar-refractivity contribution is -0.129. The fraction of sp³-hybridized carbons (Fsp3) is 0.364. The number of furan rings is 1. The first-order valence-corrected chi connectivity index (χ1v) is 9.63. The number of hydrogen-bond acceptors (Lipinski definition) is 4. The van der Waals surface area contributed by atoms with Crippen LogP contribution in [0.3, 0.4) is 0 Å². The minimum absolute atomic E-state index is 0.190. The van der Waals surface area contributed by atoms with Crippen LogP contribution in [0.1, 0.15) is 34.2 Å². The Morgan fingerprint density at radius 1 is 1.11 bits per heavy atom. The smallest absolute Gasteiger partial charge is 0.270 e. The number of nitrogens with zero attached hydrogens (tertiary/aromatic N) is 2. The fourth-order valence-corrected chi connectivity index (χ4v) is 3.18. The first-order valence-electron chi connectivity index (χ1n) is 9.63. The van der Waals surface area contributed by atoms with Gasteiger partial charge in [-0.2, -0.15) is 0 Å². The van der Waals surface area contributed by atoms with Crippen LogP contribution >= 0.6 is 0 Å². The van der Waals surface area contributed by atoms with E-state index in [0.29, 0.717) is 24.4 Å². The molecule has 1 aromatic carbocycles. The zero-order valence-corrected chi connectivity index (χ0v) is 16.7. The van der Waals surface area contributed by atoms with Gasteiger partial charge in [0.2, 0.25) is 0 Å². The van der Waals surface area contributed by atoms with E-state index < -0.39 is 0 Å². The molecule has 0 spiro atoms. The number of carbonyl (C=O) groups excluding carboxylic acids is 2. The van der Waals surface area contributed by atoms with Crippen LogP contribution in [0.4, 0.5) is 0 Å². The van der Waals surface area contributed by atoms with E-state index in [9.17, 15) is 9.59 Å². The summed E-state index contributed by atoms with van der Waals surface area (Å²) >= 11 is 0. The number of aryl methyl sites for hydroxylation is 2. The van der Waals surface area contributed by atoms with Gasteiger partial charge in [-0.1, -0.05) is 13.0 Å². The van der Waals surface area contributed by atoms with Crippen molar-refractivity contribution in [1.82, 2.24) is 15.1 Å². The number of nitrogens with one attached hydrogen (secondary N) is 1. The third kappa shape index (κ3) is 4.70. The highest BCUT2D eigenvalue weighted by molar-refractivity contribution is 6.05. The van der Waals surface area contributed by atoms with Gasteiger partial charge in [-0.05, 0) is 55.8 Å². The topological polar surface area (TPSA) is 65.8 Å². The van der Waals surface area contributed by atoms with Gasteiger partial charge in [0.25, 0.3) is 11.8 Å². The molecule has 0 radical (unpaired) electrons. The Morgan fingerprint density at radius 3 is 2.46 bits per heavy atom. The molecular formula is C22H27N3O3. The van der Waals surface area contributed by atoms with Gasteiger partial charge in [0.1, 0.15) is 11.5 Å². The molecule has 1 saturated heterocycles. The molecule has 2 amide bonds. The molecule has 0 saturated carbocycles. The highest BCUT2D eigenvalue weighted by Crippen LogP contribution is 2.14. The number of likely N-dealkylation sites (N-methyl/N-ethyl adjacent to an activating group) is 1. The van der Waals surface area contributed by atoms with Crippen molar-refractivity contribution in [3.05, 3.63) is 64.7 Å². The number of amides is 2. The summed E-state index contributed by atoms with van der Waals surface area (Å²) < 4.78 is 5.35. The minimum Gasteiger partial charge on any atom is -0.465 e. The van der Waals surface area contributed by atoms with E-state index >= 15 is 0 Å². The number of hydrogen-bond donors (Lipinski definition) is 1. The predicted molar refractivity (Wildman–Crippen MR) is 109 cm³/mol. The third-order valence-corrected chi connectivity index (χ3v) is 5.18. The molecule has 0 unspecified atom stereocenters. The van der Waals surface area contributed by atoms with Crippen molar-refractivity contribution in [2.45, 2.75) is 20.8 Å². The monoisotopic (exact) mass is 381 g/mol. The third-order valence-electron chi connectivity index (χ3n) is 5.18. The first kappa shape index (κ1) is 19.9. The largest absolute Gasteiger partial charge is 0.465 e. The molecule has 6 heteroatoms. The summed E-state index contributed by atoms with van der Waals surface area (Å²) in [6.07, 6.45) is 3.13. The Labute approximate surface area is 165 Å². The Kier molecular flexibility index (Phi) is 6.31. The van der Waals surface area contributed by atoms with E-state index in [0.717, 1.165) is 30.8 Å². The highest BCUT2D eigenvalue weighted by atomic mass is 16.3. The van der Waals surface area contributed by atoms with Crippen molar-refractivity contribution in [3.63, 3.8) is 0 Å². The normalized spacial score (nSPS) is 15.5. The predicted octanol–water partition coefficient (Wildman–Crippen LogP) is 2.83. The summed E-state index contributed by atoms with van der Waals surface area (Å²) in [6.45, 7) is 10.00. The summed E-state index contributed by atoms with van der Waals surface area (Å²) in [7, 11) is 0. The lowest BCUT2D eigenvalue weighted by Crippen LogP contribution is -2.50. The molecule has 6 nitrogen and oxygen atoms in total. The Morgan fingerprint density at radius 2 is 1.86 bits per heavy atom. The van der Waals surface area contributed by atoms with Crippen molar-refractivity contribution < 1.29 is 14.0 Å².